The zero-order valence-electron chi connectivity index (χ0n) is 11.4. The van der Waals surface area contributed by atoms with Crippen molar-refractivity contribution in [2.45, 2.75) is 18.9 Å². The lowest BCUT2D eigenvalue weighted by atomic mass is 9.91. The Morgan fingerprint density at radius 3 is 2.45 bits per heavy atom. The van der Waals surface area contributed by atoms with E-state index in [2.05, 4.69) is 0 Å². The number of aliphatic hydroxyl groups is 1. The van der Waals surface area contributed by atoms with Gasteiger partial charge in [-0.2, -0.15) is 0 Å². The summed E-state index contributed by atoms with van der Waals surface area (Å²) in [6.45, 7) is 2.67. The van der Waals surface area contributed by atoms with Crippen molar-refractivity contribution in [2.75, 3.05) is 13.1 Å². The van der Waals surface area contributed by atoms with E-state index in [1.54, 1.807) is 35.2 Å². The maximum absolute atomic E-state index is 11.8. The van der Waals surface area contributed by atoms with Crippen LogP contribution in [0.5, 0.6) is 0 Å². The fraction of sp³-hybridized carbons (Fsp3) is 0.333. The van der Waals surface area contributed by atoms with Crippen molar-refractivity contribution in [3.05, 3.63) is 41.5 Å². The van der Waals surface area contributed by atoms with Crippen LogP contribution in [0.4, 0.5) is 0 Å². The largest absolute Gasteiger partial charge is 0.386 e. The van der Waals surface area contributed by atoms with E-state index in [9.17, 15) is 14.7 Å². The van der Waals surface area contributed by atoms with Crippen LogP contribution in [0.3, 0.4) is 0 Å². The molecule has 5 nitrogen and oxygen atoms in total. The third-order valence-corrected chi connectivity index (χ3v) is 3.55. The number of β-amino-alcohol motifs (C(OH)–C–C–N with tert-alkyl or cyclic N) is 1. The van der Waals surface area contributed by atoms with Crippen LogP contribution in [0.15, 0.2) is 30.3 Å². The van der Waals surface area contributed by atoms with Gasteiger partial charge in [0.25, 0.3) is 0 Å². The minimum Gasteiger partial charge on any atom is -0.386 e. The first-order valence-corrected chi connectivity index (χ1v) is 6.53. The van der Waals surface area contributed by atoms with Crippen LogP contribution in [0.25, 0.3) is 6.08 Å². The SMILES string of the molecule is CCC1(O)CN(C(=O)/C=C/c2ccc(C(N)=O)cc2)C1. The first-order valence-electron chi connectivity index (χ1n) is 6.53. The number of likely N-dealkylation sites (tertiary alicyclic amines) is 1. The van der Waals surface area contributed by atoms with Gasteiger partial charge in [-0.15, -0.1) is 0 Å². The van der Waals surface area contributed by atoms with Crippen molar-refractivity contribution in [1.29, 1.82) is 0 Å². The van der Waals surface area contributed by atoms with Gasteiger partial charge >= 0.3 is 0 Å². The van der Waals surface area contributed by atoms with E-state index in [1.165, 1.54) is 6.08 Å². The molecule has 2 rings (SSSR count). The van der Waals surface area contributed by atoms with Gasteiger partial charge in [-0.05, 0) is 30.2 Å². The monoisotopic (exact) mass is 274 g/mol. The Kier molecular flexibility index (Phi) is 3.90. The summed E-state index contributed by atoms with van der Waals surface area (Å²) in [7, 11) is 0. The van der Waals surface area contributed by atoms with Crippen molar-refractivity contribution in [3.63, 3.8) is 0 Å². The lowest BCUT2D eigenvalue weighted by Crippen LogP contribution is -2.62. The quantitative estimate of drug-likeness (QED) is 0.796. The Balaban J connectivity index is 1.93. The molecule has 1 saturated heterocycles. The van der Waals surface area contributed by atoms with Crippen LogP contribution < -0.4 is 5.73 Å². The van der Waals surface area contributed by atoms with Gasteiger partial charge in [0.15, 0.2) is 0 Å². The molecule has 2 amide bonds. The van der Waals surface area contributed by atoms with Gasteiger partial charge in [0, 0.05) is 11.6 Å². The average Bonchev–Trinajstić information content (AvgIpc) is 2.41. The Hall–Kier alpha value is -2.14. The van der Waals surface area contributed by atoms with Gasteiger partial charge in [-0.1, -0.05) is 19.1 Å². The normalized spacial score (nSPS) is 17.0. The lowest BCUT2D eigenvalue weighted by Gasteiger charge is -2.45. The molecular formula is C15H18N2O3. The van der Waals surface area contributed by atoms with E-state index in [4.69, 9.17) is 5.73 Å². The third-order valence-electron chi connectivity index (χ3n) is 3.55. The van der Waals surface area contributed by atoms with E-state index >= 15 is 0 Å². The van der Waals surface area contributed by atoms with Crippen molar-refractivity contribution in [1.82, 2.24) is 4.90 Å². The summed E-state index contributed by atoms with van der Waals surface area (Å²) in [5, 5.41) is 9.84. The molecule has 1 aliphatic rings. The van der Waals surface area contributed by atoms with Gasteiger partial charge < -0.3 is 15.7 Å². The summed E-state index contributed by atoms with van der Waals surface area (Å²) in [6.07, 6.45) is 3.79. The van der Waals surface area contributed by atoms with Gasteiger partial charge in [-0.3, -0.25) is 9.59 Å². The number of nitrogens with zero attached hydrogens (tertiary/aromatic N) is 1. The third kappa shape index (κ3) is 3.05. The summed E-state index contributed by atoms with van der Waals surface area (Å²) in [6, 6.07) is 6.68. The summed E-state index contributed by atoms with van der Waals surface area (Å²) in [5.41, 5.74) is 5.68. The number of hydrogen-bond donors (Lipinski definition) is 2. The van der Waals surface area contributed by atoms with E-state index in [0.717, 1.165) is 5.56 Å². The molecule has 5 heteroatoms. The topological polar surface area (TPSA) is 83.6 Å². The number of primary amides is 1. The Labute approximate surface area is 117 Å². The maximum Gasteiger partial charge on any atom is 0.248 e. The average molecular weight is 274 g/mol. The highest BCUT2D eigenvalue weighted by Gasteiger charge is 2.41. The number of carbonyl (C=O) groups is 2. The molecule has 0 aromatic heterocycles. The summed E-state index contributed by atoms with van der Waals surface area (Å²) < 4.78 is 0. The van der Waals surface area contributed by atoms with Crippen molar-refractivity contribution >= 4 is 17.9 Å². The Morgan fingerprint density at radius 1 is 1.35 bits per heavy atom. The van der Waals surface area contributed by atoms with E-state index in [-0.39, 0.29) is 5.91 Å². The fourth-order valence-corrected chi connectivity index (χ4v) is 2.08. The molecule has 1 aliphatic heterocycles. The summed E-state index contributed by atoms with van der Waals surface area (Å²) >= 11 is 0. The molecule has 106 valence electrons. The molecule has 1 aromatic carbocycles. The molecule has 1 aromatic rings. The van der Waals surface area contributed by atoms with Crippen molar-refractivity contribution in [3.8, 4) is 0 Å². The predicted octanol–water partition coefficient (Wildman–Crippen LogP) is 0.782. The summed E-state index contributed by atoms with van der Waals surface area (Å²) in [4.78, 5) is 24.3. The highest BCUT2D eigenvalue weighted by atomic mass is 16.3. The minimum absolute atomic E-state index is 0.123. The van der Waals surface area contributed by atoms with E-state index in [1.807, 2.05) is 6.92 Å². The number of nitrogens with two attached hydrogens (primary N) is 1. The maximum atomic E-state index is 11.8. The number of carbonyl (C=O) groups excluding carboxylic acids is 2. The zero-order chi connectivity index (χ0) is 14.8. The number of amides is 2. The lowest BCUT2D eigenvalue weighted by molar-refractivity contribution is -0.150. The molecule has 0 radical (unpaired) electrons. The van der Waals surface area contributed by atoms with Crippen molar-refractivity contribution in [2.24, 2.45) is 5.73 Å². The van der Waals surface area contributed by atoms with Crippen molar-refractivity contribution < 1.29 is 14.7 Å². The molecule has 3 N–H and O–H groups in total. The molecule has 0 unspecified atom stereocenters. The van der Waals surface area contributed by atoms with E-state index in [0.29, 0.717) is 25.1 Å². The second-order valence-electron chi connectivity index (χ2n) is 5.09. The molecule has 20 heavy (non-hydrogen) atoms. The molecule has 0 atom stereocenters. The predicted molar refractivity (Wildman–Crippen MR) is 75.8 cm³/mol. The second kappa shape index (κ2) is 5.46. The van der Waals surface area contributed by atoms with Gasteiger partial charge in [0.2, 0.25) is 11.8 Å². The molecule has 0 aliphatic carbocycles. The molecule has 0 saturated carbocycles. The van der Waals surface area contributed by atoms with Crippen LogP contribution in [-0.4, -0.2) is 40.5 Å². The standard InChI is InChI=1S/C15H18N2O3/c1-2-15(20)9-17(10-15)13(18)8-5-11-3-6-12(7-4-11)14(16)19/h3-8,20H,2,9-10H2,1H3,(H2,16,19)/b8-5+. The van der Waals surface area contributed by atoms with E-state index < -0.39 is 11.5 Å². The van der Waals surface area contributed by atoms with Gasteiger partial charge in [-0.25, -0.2) is 0 Å². The van der Waals surface area contributed by atoms with Crippen LogP contribution in [-0.2, 0) is 4.79 Å². The Morgan fingerprint density at radius 2 is 1.95 bits per heavy atom. The highest BCUT2D eigenvalue weighted by Crippen LogP contribution is 2.24. The van der Waals surface area contributed by atoms with Gasteiger partial charge in [0.05, 0.1) is 18.7 Å². The Bertz CT molecular complexity index is 543. The molecule has 1 heterocycles. The molecule has 0 bridgehead atoms. The minimum atomic E-state index is -0.716. The first-order chi connectivity index (χ1) is 9.43. The fourth-order valence-electron chi connectivity index (χ4n) is 2.08. The van der Waals surface area contributed by atoms with Gasteiger partial charge in [0.1, 0.15) is 0 Å². The molecule has 0 spiro atoms. The smallest absolute Gasteiger partial charge is 0.248 e. The molecule has 1 fully saturated rings. The summed E-state index contributed by atoms with van der Waals surface area (Å²) in [5.74, 6) is -0.599. The zero-order valence-corrected chi connectivity index (χ0v) is 11.4. The number of hydrogen-bond acceptors (Lipinski definition) is 3. The van der Waals surface area contributed by atoms with Crippen LogP contribution in [0.2, 0.25) is 0 Å². The number of rotatable bonds is 4. The molecular weight excluding hydrogens is 256 g/mol. The first kappa shape index (κ1) is 14.3. The number of benzene rings is 1. The highest BCUT2D eigenvalue weighted by molar-refractivity contribution is 5.94. The second-order valence-corrected chi connectivity index (χ2v) is 5.09. The van der Waals surface area contributed by atoms with Crippen LogP contribution in [0.1, 0.15) is 29.3 Å². The van der Waals surface area contributed by atoms with Crippen LogP contribution >= 0.6 is 0 Å². The van der Waals surface area contributed by atoms with Crippen LogP contribution in [0, 0.1) is 0 Å².